The first-order valence-electron chi connectivity index (χ1n) is 9.76. The summed E-state index contributed by atoms with van der Waals surface area (Å²) >= 11 is 0. The van der Waals surface area contributed by atoms with Gasteiger partial charge in [-0.3, -0.25) is 5.10 Å². The average Bonchev–Trinajstić information content (AvgIpc) is 3.20. The number of nitrogens with one attached hydrogen (secondary N) is 1. The molecule has 156 valence electrons. The van der Waals surface area contributed by atoms with Gasteiger partial charge < -0.3 is 25.2 Å². The Bertz CT molecular complexity index is 1130. The predicted octanol–water partition coefficient (Wildman–Crippen LogP) is 1.04. The van der Waals surface area contributed by atoms with Gasteiger partial charge in [0.05, 0.1) is 23.9 Å². The van der Waals surface area contributed by atoms with E-state index in [9.17, 15) is 20.4 Å². The molecule has 1 aliphatic rings. The zero-order valence-corrected chi connectivity index (χ0v) is 16.7. The van der Waals surface area contributed by atoms with Gasteiger partial charge in [-0.2, -0.15) is 5.10 Å². The fourth-order valence-electron chi connectivity index (χ4n) is 3.82. The van der Waals surface area contributed by atoms with Crippen molar-refractivity contribution in [3.8, 4) is 23.0 Å². The summed E-state index contributed by atoms with van der Waals surface area (Å²) in [5.41, 5.74) is 5.81. The first-order chi connectivity index (χ1) is 14.4. The standard InChI is InChI=1S/C23H24N2O5/c1-12-3-5-17(13(2)7-12)15-8-14(20-16(9-15)10-24-25-20)4-6-18-21(27)23(29)22(28)19(11-26)30-18/h3,5,7-10,18-19,21-23,26-29H,11H2,1-2H3,(H,24,25)/t18?,19?,21?,22-,23?/m1/s1. The molecular formula is C23H24N2O5. The average molecular weight is 408 g/mol. The number of ether oxygens (including phenoxy) is 1. The lowest BCUT2D eigenvalue weighted by Crippen LogP contribution is -2.58. The first-order valence-corrected chi connectivity index (χ1v) is 9.76. The number of rotatable bonds is 2. The van der Waals surface area contributed by atoms with Crippen LogP contribution in [-0.2, 0) is 4.74 Å². The van der Waals surface area contributed by atoms with Crippen LogP contribution >= 0.6 is 0 Å². The number of hydrogen-bond donors (Lipinski definition) is 5. The number of aliphatic hydroxyl groups excluding tert-OH is 4. The monoisotopic (exact) mass is 408 g/mol. The van der Waals surface area contributed by atoms with Crippen LogP contribution in [0, 0.1) is 25.7 Å². The van der Waals surface area contributed by atoms with E-state index in [1.54, 1.807) is 6.20 Å². The Kier molecular flexibility index (Phi) is 5.60. The Morgan fingerprint density at radius 2 is 1.87 bits per heavy atom. The number of fused-ring (bicyclic) bond motifs is 1. The van der Waals surface area contributed by atoms with E-state index in [0.717, 1.165) is 27.6 Å². The van der Waals surface area contributed by atoms with Crippen molar-refractivity contribution in [2.75, 3.05) is 6.61 Å². The zero-order valence-electron chi connectivity index (χ0n) is 16.7. The predicted molar refractivity (Wildman–Crippen MR) is 112 cm³/mol. The quantitative estimate of drug-likeness (QED) is 0.405. The third-order valence-corrected chi connectivity index (χ3v) is 5.48. The maximum Gasteiger partial charge on any atom is 0.147 e. The maximum absolute atomic E-state index is 10.2. The number of H-pyrrole nitrogens is 1. The molecule has 1 fully saturated rings. The molecular weight excluding hydrogens is 384 g/mol. The Labute approximate surface area is 174 Å². The van der Waals surface area contributed by atoms with Gasteiger partial charge in [0.25, 0.3) is 0 Å². The highest BCUT2D eigenvalue weighted by Crippen LogP contribution is 2.29. The number of hydrogen-bond acceptors (Lipinski definition) is 6. The van der Waals surface area contributed by atoms with Crippen LogP contribution in [0.25, 0.3) is 22.0 Å². The van der Waals surface area contributed by atoms with Crippen LogP contribution in [0.5, 0.6) is 0 Å². The minimum atomic E-state index is -1.45. The number of benzene rings is 2. The molecule has 2 heterocycles. The van der Waals surface area contributed by atoms with Gasteiger partial charge in [-0.1, -0.05) is 35.6 Å². The molecule has 4 rings (SSSR count). The van der Waals surface area contributed by atoms with Gasteiger partial charge in [0, 0.05) is 5.39 Å². The molecule has 4 unspecified atom stereocenters. The molecule has 5 atom stereocenters. The Morgan fingerprint density at radius 1 is 1.07 bits per heavy atom. The fraction of sp³-hybridized carbons (Fsp3) is 0.348. The highest BCUT2D eigenvalue weighted by atomic mass is 16.5. The molecule has 2 aromatic carbocycles. The highest BCUT2D eigenvalue weighted by Gasteiger charge is 2.42. The van der Waals surface area contributed by atoms with Crippen molar-refractivity contribution >= 4 is 10.9 Å². The van der Waals surface area contributed by atoms with Crippen molar-refractivity contribution in [1.29, 1.82) is 0 Å². The van der Waals surface area contributed by atoms with Crippen molar-refractivity contribution in [1.82, 2.24) is 10.2 Å². The van der Waals surface area contributed by atoms with E-state index in [1.165, 1.54) is 5.56 Å². The van der Waals surface area contributed by atoms with E-state index in [4.69, 9.17) is 4.74 Å². The molecule has 5 N–H and O–H groups in total. The summed E-state index contributed by atoms with van der Waals surface area (Å²) in [4.78, 5) is 0. The number of aryl methyl sites for hydroxylation is 2. The molecule has 3 aromatic rings. The Morgan fingerprint density at radius 3 is 2.60 bits per heavy atom. The van der Waals surface area contributed by atoms with Gasteiger partial charge in [-0.05, 0) is 42.7 Å². The van der Waals surface area contributed by atoms with Gasteiger partial charge >= 0.3 is 0 Å². The van der Waals surface area contributed by atoms with Gasteiger partial charge in [-0.25, -0.2) is 0 Å². The minimum absolute atomic E-state index is 0.490. The second-order valence-electron chi connectivity index (χ2n) is 7.70. The molecule has 7 nitrogen and oxygen atoms in total. The van der Waals surface area contributed by atoms with E-state index in [-0.39, 0.29) is 0 Å². The summed E-state index contributed by atoms with van der Waals surface area (Å²) < 4.78 is 5.48. The lowest BCUT2D eigenvalue weighted by atomic mass is 9.94. The smallest absolute Gasteiger partial charge is 0.147 e. The zero-order chi connectivity index (χ0) is 21.4. The molecule has 1 aliphatic heterocycles. The summed E-state index contributed by atoms with van der Waals surface area (Å²) in [5.74, 6) is 5.85. The molecule has 0 aliphatic carbocycles. The molecule has 7 heteroatoms. The second kappa shape index (κ2) is 8.19. The van der Waals surface area contributed by atoms with Gasteiger partial charge in [0.1, 0.15) is 30.5 Å². The second-order valence-corrected chi connectivity index (χ2v) is 7.70. The molecule has 0 saturated carbocycles. The van der Waals surface area contributed by atoms with Crippen LogP contribution in [0.4, 0.5) is 0 Å². The van der Waals surface area contributed by atoms with Crippen LogP contribution in [0.2, 0.25) is 0 Å². The van der Waals surface area contributed by atoms with Crippen molar-refractivity contribution in [3.63, 3.8) is 0 Å². The van der Waals surface area contributed by atoms with Gasteiger partial charge in [0.15, 0.2) is 0 Å². The maximum atomic E-state index is 10.2. The SMILES string of the molecule is Cc1ccc(-c2cc(C#CC3OC(CO)[C@@H](O)C(O)C3O)c3[nH]ncc3c2)c(C)c1. The van der Waals surface area contributed by atoms with Crippen molar-refractivity contribution in [2.45, 2.75) is 44.4 Å². The van der Waals surface area contributed by atoms with E-state index < -0.39 is 37.1 Å². The van der Waals surface area contributed by atoms with E-state index in [0.29, 0.717) is 5.56 Å². The molecule has 0 bridgehead atoms. The van der Waals surface area contributed by atoms with E-state index in [1.807, 2.05) is 19.1 Å². The molecule has 30 heavy (non-hydrogen) atoms. The third kappa shape index (κ3) is 3.72. The van der Waals surface area contributed by atoms with Crippen LogP contribution in [0.15, 0.2) is 36.5 Å². The summed E-state index contributed by atoms with van der Waals surface area (Å²) in [6.07, 6.45) is -4.57. The topological polar surface area (TPSA) is 119 Å². The first kappa shape index (κ1) is 20.5. The minimum Gasteiger partial charge on any atom is -0.394 e. The lowest BCUT2D eigenvalue weighted by molar-refractivity contribution is -0.214. The van der Waals surface area contributed by atoms with Crippen molar-refractivity contribution < 1.29 is 25.2 Å². The van der Waals surface area contributed by atoms with Crippen LogP contribution < -0.4 is 0 Å². The molecule has 0 radical (unpaired) electrons. The summed E-state index contributed by atoms with van der Waals surface area (Å²) in [7, 11) is 0. The van der Waals surface area contributed by atoms with Crippen molar-refractivity contribution in [2.24, 2.45) is 0 Å². The van der Waals surface area contributed by atoms with Crippen molar-refractivity contribution in [3.05, 3.63) is 53.2 Å². The van der Waals surface area contributed by atoms with E-state index >= 15 is 0 Å². The molecule has 0 spiro atoms. The Balaban J connectivity index is 1.74. The molecule has 0 amide bonds. The summed E-state index contributed by atoms with van der Waals surface area (Å²) in [6.45, 7) is 3.62. The number of aliphatic hydroxyl groups is 4. The lowest BCUT2D eigenvalue weighted by Gasteiger charge is -2.37. The number of aromatic amines is 1. The normalized spacial score (nSPS) is 26.4. The van der Waals surface area contributed by atoms with Crippen LogP contribution in [0.3, 0.4) is 0 Å². The fourth-order valence-corrected chi connectivity index (χ4v) is 3.82. The van der Waals surface area contributed by atoms with Gasteiger partial charge in [-0.15, -0.1) is 0 Å². The molecule has 1 saturated heterocycles. The third-order valence-electron chi connectivity index (χ3n) is 5.48. The molecule has 1 aromatic heterocycles. The van der Waals surface area contributed by atoms with Crippen LogP contribution in [0.1, 0.15) is 16.7 Å². The highest BCUT2D eigenvalue weighted by molar-refractivity contribution is 5.89. The number of aromatic nitrogens is 2. The van der Waals surface area contributed by atoms with Crippen LogP contribution in [-0.4, -0.2) is 67.8 Å². The summed E-state index contributed by atoms with van der Waals surface area (Å²) in [5, 5.41) is 47.4. The summed E-state index contributed by atoms with van der Waals surface area (Å²) in [6, 6.07) is 10.2. The van der Waals surface area contributed by atoms with E-state index in [2.05, 4.69) is 47.2 Å². The van der Waals surface area contributed by atoms with Gasteiger partial charge in [0.2, 0.25) is 0 Å². The largest absolute Gasteiger partial charge is 0.394 e. The Hall–Kier alpha value is -2.73. The number of nitrogens with zero attached hydrogens (tertiary/aromatic N) is 1.